The number of amides is 2. The number of nitrogens with one attached hydrogen (secondary N) is 2. The van der Waals surface area contributed by atoms with Crippen LogP contribution in [0.1, 0.15) is 0 Å². The molecule has 0 radical (unpaired) electrons. The maximum Gasteiger partial charge on any atom is 0.406 e. The van der Waals surface area contributed by atoms with Crippen LogP contribution in [0.5, 0.6) is 0 Å². The summed E-state index contributed by atoms with van der Waals surface area (Å²) in [6, 6.07) is 0. The third-order valence-corrected chi connectivity index (χ3v) is 0.962. The fourth-order valence-corrected chi connectivity index (χ4v) is 0.204. The quantitative estimate of drug-likeness (QED) is 0.317. The van der Waals surface area contributed by atoms with Crippen molar-refractivity contribution in [2.75, 3.05) is 56.6 Å². The SMILES string of the molecule is CN=C=O.CN=C=O.CNC(=O)OC.CNC(=O)OC.CO.CO. The van der Waals surface area contributed by atoms with Gasteiger partial charge in [-0.15, -0.1) is 0 Å². The summed E-state index contributed by atoms with van der Waals surface area (Å²) < 4.78 is 8.30. The van der Waals surface area contributed by atoms with Crippen molar-refractivity contribution < 1.29 is 38.9 Å². The van der Waals surface area contributed by atoms with E-state index in [9.17, 15) is 9.59 Å². The van der Waals surface area contributed by atoms with Gasteiger partial charge in [0.15, 0.2) is 0 Å². The first-order valence-electron chi connectivity index (χ1n) is 5.78. The van der Waals surface area contributed by atoms with Gasteiger partial charge in [-0.05, 0) is 0 Å². The van der Waals surface area contributed by atoms with E-state index in [1.165, 1.54) is 54.6 Å². The Balaban J connectivity index is -0.0000000426. The van der Waals surface area contributed by atoms with Gasteiger partial charge in [0.2, 0.25) is 12.2 Å². The molecule has 0 saturated carbocycles. The van der Waals surface area contributed by atoms with E-state index in [1.807, 2.05) is 0 Å². The van der Waals surface area contributed by atoms with Gasteiger partial charge >= 0.3 is 12.2 Å². The van der Waals surface area contributed by atoms with Crippen LogP contribution >= 0.6 is 0 Å². The van der Waals surface area contributed by atoms with Crippen LogP contribution in [0.2, 0.25) is 0 Å². The largest absolute Gasteiger partial charge is 0.453 e. The highest BCUT2D eigenvalue weighted by atomic mass is 16.5. The third-order valence-electron chi connectivity index (χ3n) is 0.962. The lowest BCUT2D eigenvalue weighted by Gasteiger charge is -1.90. The molecule has 0 rings (SSSR count). The fraction of sp³-hybridized carbons (Fsp3) is 0.667. The zero-order chi connectivity index (χ0) is 20.8. The second kappa shape index (κ2) is 59.3. The van der Waals surface area contributed by atoms with Crippen LogP contribution in [0.4, 0.5) is 9.59 Å². The van der Waals surface area contributed by atoms with Crippen LogP contribution in [-0.2, 0) is 19.1 Å². The summed E-state index contributed by atoms with van der Waals surface area (Å²) in [7, 11) is 10.4. The number of ether oxygens (including phenoxy) is 2. The van der Waals surface area contributed by atoms with Crippen LogP contribution < -0.4 is 10.6 Å². The standard InChI is InChI=1S/2C3H7NO2.2C2H3NO.2CH4O/c2*1-4-3(5)6-2;2*1-3-2-4;2*1-2/h2*1-2H3,(H,4,5);2*1H3;2*2H,1H3. The number of aliphatic imine (C=N–C) groups is 2. The summed E-state index contributed by atoms with van der Waals surface area (Å²) in [6.45, 7) is 0. The van der Waals surface area contributed by atoms with E-state index in [0.717, 1.165) is 14.2 Å². The third kappa shape index (κ3) is 122. The van der Waals surface area contributed by atoms with Gasteiger partial charge in [0, 0.05) is 42.4 Å². The second-order valence-corrected chi connectivity index (χ2v) is 2.11. The van der Waals surface area contributed by atoms with E-state index in [4.69, 9.17) is 19.8 Å². The molecule has 0 fully saturated rings. The number of hydrogen-bond donors (Lipinski definition) is 4. The number of methoxy groups -OCH3 is 2. The molecule has 0 aromatic rings. The lowest BCUT2D eigenvalue weighted by molar-refractivity contribution is 0.172. The van der Waals surface area contributed by atoms with Crippen molar-refractivity contribution in [3.63, 3.8) is 0 Å². The van der Waals surface area contributed by atoms with E-state index in [1.54, 1.807) is 0 Å². The molecule has 24 heavy (non-hydrogen) atoms. The lowest BCUT2D eigenvalue weighted by Crippen LogP contribution is -2.16. The van der Waals surface area contributed by atoms with Crippen molar-refractivity contribution in [3.8, 4) is 0 Å². The molecule has 0 heterocycles. The first-order valence-corrected chi connectivity index (χ1v) is 5.78. The highest BCUT2D eigenvalue weighted by Gasteiger charge is 1.85. The Morgan fingerprint density at radius 1 is 0.792 bits per heavy atom. The molecule has 0 spiro atoms. The van der Waals surface area contributed by atoms with E-state index >= 15 is 0 Å². The summed E-state index contributed by atoms with van der Waals surface area (Å²) in [5, 5.41) is 18.5. The van der Waals surface area contributed by atoms with Gasteiger partial charge in [-0.1, -0.05) is 0 Å². The molecule has 12 heteroatoms. The van der Waals surface area contributed by atoms with E-state index in [2.05, 4.69) is 30.1 Å². The van der Waals surface area contributed by atoms with Gasteiger partial charge in [-0.25, -0.2) is 29.2 Å². The molecule has 0 saturated heterocycles. The normalized spacial score (nSPS) is 5.42. The molecular weight excluding hydrogens is 328 g/mol. The van der Waals surface area contributed by atoms with Crippen molar-refractivity contribution >= 4 is 24.3 Å². The number of carbonyl (C=O) groups is 2. The van der Waals surface area contributed by atoms with Gasteiger partial charge in [-0.2, -0.15) is 0 Å². The molecule has 0 aromatic carbocycles. The first kappa shape index (κ1) is 37.5. The van der Waals surface area contributed by atoms with E-state index in [-0.39, 0.29) is 0 Å². The molecule has 0 aliphatic rings. The minimum atomic E-state index is -0.407. The minimum absolute atomic E-state index is 0.407. The Hall–Kier alpha value is -2.78. The molecule has 0 aliphatic carbocycles. The van der Waals surface area contributed by atoms with Crippen LogP contribution in [-0.4, -0.2) is 91.2 Å². The highest BCUT2D eigenvalue weighted by molar-refractivity contribution is 5.66. The fourth-order valence-electron chi connectivity index (χ4n) is 0.204. The summed E-state index contributed by atoms with van der Waals surface area (Å²) in [5.41, 5.74) is 0. The molecule has 0 unspecified atom stereocenters. The highest BCUT2D eigenvalue weighted by Crippen LogP contribution is 1.62. The molecular formula is C12H28N4O8. The van der Waals surface area contributed by atoms with Crippen LogP contribution in [0.15, 0.2) is 9.98 Å². The number of aliphatic hydroxyl groups excluding tert-OH is 2. The molecule has 0 bridgehead atoms. The van der Waals surface area contributed by atoms with Crippen molar-refractivity contribution in [1.29, 1.82) is 0 Å². The Morgan fingerprint density at radius 3 is 0.958 bits per heavy atom. The van der Waals surface area contributed by atoms with Gasteiger partial charge in [0.25, 0.3) is 0 Å². The van der Waals surface area contributed by atoms with Crippen molar-refractivity contribution in [1.82, 2.24) is 10.6 Å². The first-order chi connectivity index (χ1) is 11.4. The molecule has 12 nitrogen and oxygen atoms in total. The number of nitrogens with zero attached hydrogens (tertiary/aromatic N) is 2. The zero-order valence-corrected chi connectivity index (χ0v) is 15.2. The molecule has 0 atom stereocenters. The van der Waals surface area contributed by atoms with Crippen LogP contribution in [0.25, 0.3) is 0 Å². The molecule has 0 aromatic heterocycles. The summed E-state index contributed by atoms with van der Waals surface area (Å²) in [6.07, 6.45) is 1.80. The number of alkyl carbamates (subject to hydrolysis) is 2. The molecule has 144 valence electrons. The number of aliphatic hydroxyl groups is 2. The maximum absolute atomic E-state index is 9.85. The maximum atomic E-state index is 9.85. The van der Waals surface area contributed by atoms with E-state index < -0.39 is 12.2 Å². The molecule has 2 amide bonds. The summed E-state index contributed by atoms with van der Waals surface area (Å²) in [5.74, 6) is 0. The summed E-state index contributed by atoms with van der Waals surface area (Å²) >= 11 is 0. The van der Waals surface area contributed by atoms with Crippen molar-refractivity contribution in [3.05, 3.63) is 0 Å². The smallest absolute Gasteiger partial charge is 0.406 e. The average Bonchev–Trinajstić information content (AvgIpc) is 2.70. The van der Waals surface area contributed by atoms with Crippen LogP contribution in [0, 0.1) is 0 Å². The van der Waals surface area contributed by atoms with Gasteiger partial charge in [0.05, 0.1) is 14.2 Å². The Kier molecular flexibility index (Phi) is 92.6. The lowest BCUT2D eigenvalue weighted by atomic mass is 11.1. The number of rotatable bonds is 0. The summed E-state index contributed by atoms with van der Waals surface area (Å²) in [4.78, 5) is 43.3. The molecule has 0 aliphatic heterocycles. The van der Waals surface area contributed by atoms with Crippen molar-refractivity contribution in [2.45, 2.75) is 0 Å². The van der Waals surface area contributed by atoms with Gasteiger partial charge in [0.1, 0.15) is 0 Å². The zero-order valence-electron chi connectivity index (χ0n) is 15.2. The number of carbonyl (C=O) groups excluding carboxylic acids is 4. The Morgan fingerprint density at radius 2 is 0.958 bits per heavy atom. The number of hydrogen-bond acceptors (Lipinski definition) is 10. The Labute approximate surface area is 141 Å². The predicted molar refractivity (Wildman–Crippen MR) is 87.3 cm³/mol. The van der Waals surface area contributed by atoms with E-state index in [0.29, 0.717) is 0 Å². The molecule has 4 N–H and O–H groups in total. The van der Waals surface area contributed by atoms with Crippen molar-refractivity contribution in [2.24, 2.45) is 9.98 Å². The van der Waals surface area contributed by atoms with Gasteiger partial charge < -0.3 is 30.3 Å². The monoisotopic (exact) mass is 356 g/mol. The van der Waals surface area contributed by atoms with Gasteiger partial charge in [-0.3, -0.25) is 0 Å². The predicted octanol–water partition coefficient (Wildman–Crippen LogP) is -0.935. The average molecular weight is 356 g/mol. The van der Waals surface area contributed by atoms with Crippen LogP contribution in [0.3, 0.4) is 0 Å². The Bertz CT molecular complexity index is 283. The minimum Gasteiger partial charge on any atom is -0.453 e. The second-order valence-electron chi connectivity index (χ2n) is 2.11. The number of isocyanates is 2. The topological polar surface area (TPSA) is 176 Å².